The van der Waals surface area contributed by atoms with Gasteiger partial charge in [-0.3, -0.25) is 9.59 Å². The molecule has 2 aromatic rings. The summed E-state index contributed by atoms with van der Waals surface area (Å²) in [5, 5.41) is 6.11. The highest BCUT2D eigenvalue weighted by molar-refractivity contribution is 6.30. The molecule has 25 heavy (non-hydrogen) atoms. The third kappa shape index (κ3) is 5.80. The Kier molecular flexibility index (Phi) is 6.42. The van der Waals surface area contributed by atoms with Crippen LogP contribution >= 0.6 is 11.6 Å². The maximum Gasteiger partial charge on any atom is 0.265 e. The minimum absolute atomic E-state index is 0.0823. The Labute approximate surface area is 152 Å². The Morgan fingerprint density at radius 1 is 0.920 bits per heavy atom. The number of carbonyl (C=O) groups is 2. The minimum Gasteiger partial charge on any atom is -0.481 e. The highest BCUT2D eigenvalue weighted by Crippen LogP contribution is 2.20. The van der Waals surface area contributed by atoms with Crippen molar-refractivity contribution in [3.05, 3.63) is 53.6 Å². The van der Waals surface area contributed by atoms with E-state index in [-0.39, 0.29) is 17.7 Å². The zero-order valence-electron chi connectivity index (χ0n) is 14.4. The third-order valence-electron chi connectivity index (χ3n) is 3.40. The Morgan fingerprint density at radius 2 is 1.52 bits per heavy atom. The standard InChI is InChI=1S/C19H21ClN2O3/c1-12(2)18(23)21-15-7-5-8-16(11-15)22-19(24)13(3)25-17-9-4-6-14(20)10-17/h4-13H,1-3H3,(H,21,23)(H,22,24). The predicted molar refractivity (Wildman–Crippen MR) is 100 cm³/mol. The highest BCUT2D eigenvalue weighted by Gasteiger charge is 2.15. The molecular formula is C19H21ClN2O3. The molecule has 2 N–H and O–H groups in total. The summed E-state index contributed by atoms with van der Waals surface area (Å²) in [4.78, 5) is 24.0. The number of nitrogens with one attached hydrogen (secondary N) is 2. The van der Waals surface area contributed by atoms with E-state index in [9.17, 15) is 9.59 Å². The summed E-state index contributed by atoms with van der Waals surface area (Å²) >= 11 is 5.90. The SMILES string of the molecule is CC(C)C(=O)Nc1cccc(NC(=O)C(C)Oc2cccc(Cl)c2)c1. The number of ether oxygens (including phenoxy) is 1. The predicted octanol–water partition coefficient (Wildman–Crippen LogP) is 4.34. The number of rotatable bonds is 6. The fraction of sp³-hybridized carbons (Fsp3) is 0.263. The van der Waals surface area contributed by atoms with Gasteiger partial charge in [0.1, 0.15) is 5.75 Å². The van der Waals surface area contributed by atoms with Crippen molar-refractivity contribution in [2.24, 2.45) is 5.92 Å². The molecule has 0 aliphatic heterocycles. The van der Waals surface area contributed by atoms with Crippen molar-refractivity contribution in [3.63, 3.8) is 0 Å². The van der Waals surface area contributed by atoms with Gasteiger partial charge in [0.15, 0.2) is 6.10 Å². The summed E-state index contributed by atoms with van der Waals surface area (Å²) in [6.07, 6.45) is -0.702. The van der Waals surface area contributed by atoms with Crippen LogP contribution in [0.15, 0.2) is 48.5 Å². The summed E-state index contributed by atoms with van der Waals surface area (Å²) in [7, 11) is 0. The Bertz CT molecular complexity index is 762. The first-order valence-corrected chi connectivity index (χ1v) is 8.37. The van der Waals surface area contributed by atoms with Crippen LogP contribution in [0.3, 0.4) is 0 Å². The fourth-order valence-corrected chi connectivity index (χ4v) is 2.18. The highest BCUT2D eigenvalue weighted by atomic mass is 35.5. The molecule has 0 bridgehead atoms. The number of hydrogen-bond acceptors (Lipinski definition) is 3. The lowest BCUT2D eigenvalue weighted by Gasteiger charge is -2.15. The second kappa shape index (κ2) is 8.53. The van der Waals surface area contributed by atoms with E-state index in [1.54, 1.807) is 55.5 Å². The average Bonchev–Trinajstić information content (AvgIpc) is 2.55. The van der Waals surface area contributed by atoms with Crippen LogP contribution in [0.1, 0.15) is 20.8 Å². The van der Waals surface area contributed by atoms with Gasteiger partial charge in [0.25, 0.3) is 5.91 Å². The van der Waals surface area contributed by atoms with E-state index in [2.05, 4.69) is 10.6 Å². The molecule has 0 saturated heterocycles. The minimum atomic E-state index is -0.702. The van der Waals surface area contributed by atoms with Gasteiger partial charge in [0.2, 0.25) is 5.91 Å². The Hall–Kier alpha value is -2.53. The lowest BCUT2D eigenvalue weighted by Crippen LogP contribution is -2.30. The van der Waals surface area contributed by atoms with Crippen LogP contribution < -0.4 is 15.4 Å². The van der Waals surface area contributed by atoms with Crippen LogP contribution in [0.25, 0.3) is 0 Å². The molecule has 132 valence electrons. The van der Waals surface area contributed by atoms with Crippen molar-refractivity contribution in [2.45, 2.75) is 26.9 Å². The molecule has 0 spiro atoms. The fourth-order valence-electron chi connectivity index (χ4n) is 2.00. The van der Waals surface area contributed by atoms with Gasteiger partial charge in [-0.2, -0.15) is 0 Å². The molecule has 6 heteroatoms. The molecular weight excluding hydrogens is 340 g/mol. The van der Waals surface area contributed by atoms with Gasteiger partial charge in [0.05, 0.1) is 0 Å². The lowest BCUT2D eigenvalue weighted by molar-refractivity contribution is -0.122. The van der Waals surface area contributed by atoms with Gasteiger partial charge in [0, 0.05) is 22.3 Å². The molecule has 5 nitrogen and oxygen atoms in total. The van der Waals surface area contributed by atoms with Gasteiger partial charge >= 0.3 is 0 Å². The smallest absolute Gasteiger partial charge is 0.265 e. The van der Waals surface area contributed by atoms with Gasteiger partial charge in [-0.25, -0.2) is 0 Å². The second-order valence-corrected chi connectivity index (χ2v) is 6.37. The van der Waals surface area contributed by atoms with Crippen LogP contribution in [-0.4, -0.2) is 17.9 Å². The summed E-state index contributed by atoms with van der Waals surface area (Å²) in [6.45, 7) is 5.28. The second-order valence-electron chi connectivity index (χ2n) is 5.93. The van der Waals surface area contributed by atoms with Crippen molar-refractivity contribution < 1.29 is 14.3 Å². The van der Waals surface area contributed by atoms with E-state index < -0.39 is 6.10 Å². The van der Waals surface area contributed by atoms with Gasteiger partial charge in [-0.15, -0.1) is 0 Å². The monoisotopic (exact) mass is 360 g/mol. The van der Waals surface area contributed by atoms with Crippen LogP contribution in [-0.2, 0) is 9.59 Å². The number of halogens is 1. The molecule has 0 heterocycles. The van der Waals surface area contributed by atoms with E-state index in [1.807, 2.05) is 13.8 Å². The van der Waals surface area contributed by atoms with Gasteiger partial charge < -0.3 is 15.4 Å². The maximum absolute atomic E-state index is 12.3. The van der Waals surface area contributed by atoms with Crippen molar-refractivity contribution in [1.82, 2.24) is 0 Å². The number of carbonyl (C=O) groups excluding carboxylic acids is 2. The first kappa shape index (κ1) is 18.8. The largest absolute Gasteiger partial charge is 0.481 e. The summed E-state index contributed by atoms with van der Waals surface area (Å²) in [6, 6.07) is 13.8. The zero-order valence-corrected chi connectivity index (χ0v) is 15.1. The molecule has 0 fully saturated rings. The number of amides is 2. The van der Waals surface area contributed by atoms with E-state index in [0.29, 0.717) is 22.1 Å². The molecule has 1 unspecified atom stereocenters. The third-order valence-corrected chi connectivity index (χ3v) is 3.64. The summed E-state index contributed by atoms with van der Waals surface area (Å²) in [5.74, 6) is 0.0194. The van der Waals surface area contributed by atoms with E-state index in [4.69, 9.17) is 16.3 Å². The lowest BCUT2D eigenvalue weighted by atomic mass is 10.2. The first-order chi connectivity index (χ1) is 11.8. The van der Waals surface area contributed by atoms with Crippen LogP contribution in [0.2, 0.25) is 5.02 Å². The van der Waals surface area contributed by atoms with Crippen LogP contribution in [0.4, 0.5) is 11.4 Å². The number of anilines is 2. The summed E-state index contributed by atoms with van der Waals surface area (Å²) < 4.78 is 5.59. The maximum atomic E-state index is 12.3. The van der Waals surface area contributed by atoms with Crippen molar-refractivity contribution in [1.29, 1.82) is 0 Å². The molecule has 2 amide bonds. The normalized spacial score (nSPS) is 11.7. The van der Waals surface area contributed by atoms with Crippen molar-refractivity contribution in [2.75, 3.05) is 10.6 Å². The molecule has 0 saturated carbocycles. The first-order valence-electron chi connectivity index (χ1n) is 7.99. The Morgan fingerprint density at radius 3 is 2.12 bits per heavy atom. The average molecular weight is 361 g/mol. The molecule has 2 aromatic carbocycles. The van der Waals surface area contributed by atoms with E-state index >= 15 is 0 Å². The van der Waals surface area contributed by atoms with Gasteiger partial charge in [-0.05, 0) is 43.3 Å². The number of benzene rings is 2. The van der Waals surface area contributed by atoms with E-state index in [0.717, 1.165) is 0 Å². The van der Waals surface area contributed by atoms with Crippen LogP contribution in [0, 0.1) is 5.92 Å². The molecule has 0 aromatic heterocycles. The Balaban J connectivity index is 1.98. The molecule has 0 aliphatic carbocycles. The zero-order chi connectivity index (χ0) is 18.4. The van der Waals surface area contributed by atoms with E-state index in [1.165, 1.54) is 0 Å². The molecule has 0 aliphatic rings. The van der Waals surface area contributed by atoms with Crippen molar-refractivity contribution >= 4 is 34.8 Å². The topological polar surface area (TPSA) is 67.4 Å². The molecule has 0 radical (unpaired) electrons. The summed E-state index contributed by atoms with van der Waals surface area (Å²) in [5.41, 5.74) is 1.20. The molecule has 2 rings (SSSR count). The molecule has 1 atom stereocenters. The number of hydrogen-bond donors (Lipinski definition) is 2. The van der Waals surface area contributed by atoms with Crippen LogP contribution in [0.5, 0.6) is 5.75 Å². The quantitative estimate of drug-likeness (QED) is 0.805. The van der Waals surface area contributed by atoms with Gasteiger partial charge in [-0.1, -0.05) is 37.6 Å². The van der Waals surface area contributed by atoms with Crippen molar-refractivity contribution in [3.8, 4) is 5.75 Å².